The van der Waals surface area contributed by atoms with Crippen LogP contribution in [0.2, 0.25) is 0 Å². The molecule has 1 aromatic carbocycles. The van der Waals surface area contributed by atoms with Gasteiger partial charge in [-0.3, -0.25) is 0 Å². The third kappa shape index (κ3) is 3.01. The van der Waals surface area contributed by atoms with Crippen LogP contribution in [0.3, 0.4) is 0 Å². The fourth-order valence-corrected chi connectivity index (χ4v) is 4.69. The molecule has 2 aliphatic rings. The van der Waals surface area contributed by atoms with E-state index in [1.54, 1.807) is 12.1 Å². The van der Waals surface area contributed by atoms with Crippen LogP contribution in [-0.2, 0) is 5.60 Å². The number of aliphatic hydroxyl groups is 1. The Balaban J connectivity index is 1.93. The zero-order chi connectivity index (χ0) is 14.9. The van der Waals surface area contributed by atoms with Crippen molar-refractivity contribution in [1.29, 1.82) is 0 Å². The molecule has 0 aromatic heterocycles. The molecule has 0 aliphatic heterocycles. The van der Waals surface area contributed by atoms with Crippen LogP contribution in [0, 0.1) is 24.6 Å². The first-order chi connectivity index (χ1) is 10.1. The van der Waals surface area contributed by atoms with Crippen molar-refractivity contribution in [2.75, 3.05) is 0 Å². The molecular formula is C19H27FO. The average Bonchev–Trinajstić information content (AvgIpc) is 2.47. The maximum atomic E-state index is 13.8. The average molecular weight is 290 g/mol. The van der Waals surface area contributed by atoms with Crippen molar-refractivity contribution < 1.29 is 9.50 Å². The minimum absolute atomic E-state index is 0.216. The van der Waals surface area contributed by atoms with E-state index in [-0.39, 0.29) is 5.82 Å². The van der Waals surface area contributed by atoms with Crippen LogP contribution < -0.4 is 0 Å². The fourth-order valence-electron chi connectivity index (χ4n) is 4.69. The number of aryl methyl sites for hydroxylation is 1. The summed E-state index contributed by atoms with van der Waals surface area (Å²) in [6.45, 7) is 1.91. The van der Waals surface area contributed by atoms with Crippen LogP contribution in [0.4, 0.5) is 4.39 Å². The molecule has 0 heterocycles. The van der Waals surface area contributed by atoms with Gasteiger partial charge in [0.25, 0.3) is 0 Å². The van der Waals surface area contributed by atoms with Gasteiger partial charge in [0.2, 0.25) is 0 Å². The summed E-state index contributed by atoms with van der Waals surface area (Å²) in [5, 5.41) is 11.4. The molecule has 1 aromatic rings. The Hall–Kier alpha value is -0.890. The minimum Gasteiger partial charge on any atom is -0.385 e. The summed E-state index contributed by atoms with van der Waals surface area (Å²) < 4.78 is 13.8. The van der Waals surface area contributed by atoms with Crippen LogP contribution >= 0.6 is 0 Å². The molecule has 0 saturated heterocycles. The van der Waals surface area contributed by atoms with Crippen molar-refractivity contribution in [2.24, 2.45) is 11.8 Å². The maximum Gasteiger partial charge on any atom is 0.123 e. The predicted octanol–water partition coefficient (Wildman–Crippen LogP) is 5.09. The van der Waals surface area contributed by atoms with Gasteiger partial charge >= 0.3 is 0 Å². The van der Waals surface area contributed by atoms with E-state index in [1.165, 1.54) is 38.5 Å². The van der Waals surface area contributed by atoms with Crippen LogP contribution in [0.5, 0.6) is 0 Å². The zero-order valence-corrected chi connectivity index (χ0v) is 13.1. The van der Waals surface area contributed by atoms with Gasteiger partial charge in [-0.15, -0.1) is 0 Å². The Labute approximate surface area is 127 Å². The molecule has 0 spiro atoms. The molecule has 1 N–H and O–H groups in total. The minimum atomic E-state index is -0.812. The molecule has 0 bridgehead atoms. The monoisotopic (exact) mass is 290 g/mol. The van der Waals surface area contributed by atoms with E-state index in [1.807, 2.05) is 13.0 Å². The van der Waals surface area contributed by atoms with Gasteiger partial charge in [-0.2, -0.15) is 0 Å². The van der Waals surface area contributed by atoms with Gasteiger partial charge in [-0.1, -0.05) is 51.0 Å². The van der Waals surface area contributed by atoms with Gasteiger partial charge in [0, 0.05) is 0 Å². The summed E-state index contributed by atoms with van der Waals surface area (Å²) in [4.78, 5) is 0. The van der Waals surface area contributed by atoms with Crippen molar-refractivity contribution in [1.82, 2.24) is 0 Å². The maximum absolute atomic E-state index is 13.8. The number of hydrogen-bond acceptors (Lipinski definition) is 1. The summed E-state index contributed by atoms with van der Waals surface area (Å²) in [6, 6.07) is 5.10. The number of benzene rings is 1. The van der Waals surface area contributed by atoms with Crippen LogP contribution in [0.25, 0.3) is 0 Å². The summed E-state index contributed by atoms with van der Waals surface area (Å²) in [5.41, 5.74) is 0.911. The third-order valence-corrected chi connectivity index (χ3v) is 5.70. The van der Waals surface area contributed by atoms with Gasteiger partial charge in [0.15, 0.2) is 0 Å². The Kier molecular flexibility index (Phi) is 4.35. The Bertz CT molecular complexity index is 472. The van der Waals surface area contributed by atoms with Crippen molar-refractivity contribution in [3.05, 3.63) is 35.1 Å². The van der Waals surface area contributed by atoms with Gasteiger partial charge < -0.3 is 5.11 Å². The number of halogens is 1. The molecule has 21 heavy (non-hydrogen) atoms. The fraction of sp³-hybridized carbons (Fsp3) is 0.684. The lowest BCUT2D eigenvalue weighted by Crippen LogP contribution is -2.42. The molecule has 116 valence electrons. The summed E-state index contributed by atoms with van der Waals surface area (Å²) >= 11 is 0. The first kappa shape index (κ1) is 15.0. The highest BCUT2D eigenvalue weighted by Crippen LogP contribution is 2.49. The van der Waals surface area contributed by atoms with E-state index in [9.17, 15) is 9.50 Å². The van der Waals surface area contributed by atoms with Crippen LogP contribution in [0.1, 0.15) is 68.9 Å². The second kappa shape index (κ2) is 6.08. The topological polar surface area (TPSA) is 20.2 Å². The first-order valence-corrected chi connectivity index (χ1v) is 8.59. The lowest BCUT2D eigenvalue weighted by Gasteiger charge is -2.45. The number of rotatable bonds is 2. The van der Waals surface area contributed by atoms with E-state index in [0.29, 0.717) is 11.8 Å². The second-order valence-electron chi connectivity index (χ2n) is 7.19. The number of hydrogen-bond donors (Lipinski definition) is 1. The Morgan fingerprint density at radius 2 is 1.71 bits per heavy atom. The van der Waals surface area contributed by atoms with E-state index in [2.05, 4.69) is 0 Å². The van der Waals surface area contributed by atoms with Gasteiger partial charge in [-0.25, -0.2) is 4.39 Å². The molecule has 1 nitrogen and oxygen atoms in total. The van der Waals surface area contributed by atoms with Crippen molar-refractivity contribution in [2.45, 2.75) is 70.3 Å². The lowest BCUT2D eigenvalue weighted by molar-refractivity contribution is -0.0837. The highest BCUT2D eigenvalue weighted by atomic mass is 19.1. The molecule has 2 aliphatic carbocycles. The molecular weight excluding hydrogens is 263 g/mol. The largest absolute Gasteiger partial charge is 0.385 e. The van der Waals surface area contributed by atoms with Crippen molar-refractivity contribution in [3.63, 3.8) is 0 Å². The molecule has 2 unspecified atom stereocenters. The Morgan fingerprint density at radius 1 is 1.00 bits per heavy atom. The van der Waals surface area contributed by atoms with E-state index in [4.69, 9.17) is 0 Å². The SMILES string of the molecule is Cc1cc(F)cc(C2(O)CCCCC2C2CCCCC2)c1. The van der Waals surface area contributed by atoms with Gasteiger partial charge in [-0.05, 0) is 54.9 Å². The van der Waals surface area contributed by atoms with Crippen molar-refractivity contribution in [3.8, 4) is 0 Å². The first-order valence-electron chi connectivity index (χ1n) is 8.59. The summed E-state index contributed by atoms with van der Waals surface area (Å²) in [7, 11) is 0. The van der Waals surface area contributed by atoms with E-state index >= 15 is 0 Å². The second-order valence-corrected chi connectivity index (χ2v) is 7.19. The molecule has 2 saturated carbocycles. The zero-order valence-electron chi connectivity index (χ0n) is 13.1. The molecule has 2 atom stereocenters. The van der Waals surface area contributed by atoms with Crippen LogP contribution in [0.15, 0.2) is 18.2 Å². The highest BCUT2D eigenvalue weighted by molar-refractivity contribution is 5.30. The molecule has 3 rings (SSSR count). The molecule has 2 heteroatoms. The van der Waals surface area contributed by atoms with Crippen molar-refractivity contribution >= 4 is 0 Å². The normalized spacial score (nSPS) is 31.3. The molecule has 0 amide bonds. The summed E-state index contributed by atoms with van der Waals surface area (Å²) in [6.07, 6.45) is 10.5. The Morgan fingerprint density at radius 3 is 2.43 bits per heavy atom. The lowest BCUT2D eigenvalue weighted by atomic mass is 9.63. The highest BCUT2D eigenvalue weighted by Gasteiger charge is 2.44. The smallest absolute Gasteiger partial charge is 0.123 e. The predicted molar refractivity (Wildman–Crippen MR) is 83.6 cm³/mol. The van der Waals surface area contributed by atoms with Gasteiger partial charge in [0.1, 0.15) is 5.82 Å². The van der Waals surface area contributed by atoms with Crippen LogP contribution in [-0.4, -0.2) is 5.11 Å². The quantitative estimate of drug-likeness (QED) is 0.804. The van der Waals surface area contributed by atoms with E-state index in [0.717, 1.165) is 30.4 Å². The molecule has 0 radical (unpaired) electrons. The van der Waals surface area contributed by atoms with E-state index < -0.39 is 5.60 Å². The summed E-state index contributed by atoms with van der Waals surface area (Å²) in [5.74, 6) is 0.715. The third-order valence-electron chi connectivity index (χ3n) is 5.70. The molecule has 2 fully saturated rings. The van der Waals surface area contributed by atoms with Gasteiger partial charge in [0.05, 0.1) is 5.60 Å². The standard InChI is InChI=1S/C19H27FO/c1-14-11-16(13-17(20)12-14)19(21)10-6-5-9-18(19)15-7-3-2-4-8-15/h11-13,15,18,21H,2-10H2,1H3.